The van der Waals surface area contributed by atoms with Gasteiger partial charge in [-0.15, -0.1) is 10.7 Å². The lowest BCUT2D eigenvalue weighted by Crippen LogP contribution is -2.43. The van der Waals surface area contributed by atoms with E-state index in [0.717, 1.165) is 11.4 Å². The summed E-state index contributed by atoms with van der Waals surface area (Å²) in [5.74, 6) is 0. The summed E-state index contributed by atoms with van der Waals surface area (Å²) in [7, 11) is 5.62. The number of anilines is 2. The van der Waals surface area contributed by atoms with Gasteiger partial charge in [-0.25, -0.2) is 9.89 Å². The minimum atomic E-state index is 0.644. The standard InChI is InChI=1S/C10H15N5O/c1-11-10(14(2)3)16-15-9-7-5-4-6-8(9)12-13-15/h4-7,12-13H,1-3H3/p+1. The van der Waals surface area contributed by atoms with Crippen LogP contribution in [0.3, 0.4) is 0 Å². The summed E-state index contributed by atoms with van der Waals surface area (Å²) in [6.07, 6.45) is 0. The molecule has 3 N–H and O–H groups in total. The summed E-state index contributed by atoms with van der Waals surface area (Å²) < 4.78 is 1.85. The van der Waals surface area contributed by atoms with E-state index in [9.17, 15) is 0 Å². The van der Waals surface area contributed by atoms with Crippen LogP contribution in [0.1, 0.15) is 0 Å². The van der Waals surface area contributed by atoms with Crippen molar-refractivity contribution in [3.05, 3.63) is 24.3 Å². The number of hydrazine groups is 2. The first-order valence-electron chi connectivity index (χ1n) is 5.03. The summed E-state index contributed by atoms with van der Waals surface area (Å²) in [5, 5.41) is 4.54. The number of benzene rings is 1. The molecule has 2 rings (SSSR count). The molecule has 0 atom stereocenters. The molecule has 0 saturated carbocycles. The van der Waals surface area contributed by atoms with Gasteiger partial charge in [-0.2, -0.15) is 0 Å². The largest absolute Gasteiger partial charge is 0.469 e. The molecular weight excluding hydrogens is 206 g/mol. The van der Waals surface area contributed by atoms with Crippen LogP contribution in [0, 0.1) is 0 Å². The van der Waals surface area contributed by atoms with Crippen LogP contribution in [0.4, 0.5) is 11.4 Å². The van der Waals surface area contributed by atoms with Crippen molar-refractivity contribution >= 4 is 17.4 Å². The van der Waals surface area contributed by atoms with Gasteiger partial charge in [0.2, 0.25) is 0 Å². The first kappa shape index (κ1) is 10.6. The van der Waals surface area contributed by atoms with Crippen molar-refractivity contribution in [2.75, 3.05) is 31.7 Å². The van der Waals surface area contributed by atoms with E-state index in [4.69, 9.17) is 4.84 Å². The van der Waals surface area contributed by atoms with Gasteiger partial charge in [0, 0.05) is 0 Å². The number of fused-ring (bicyclic) bond motifs is 1. The summed E-state index contributed by atoms with van der Waals surface area (Å²) in [5.41, 5.74) is 7.85. The van der Waals surface area contributed by atoms with Crippen molar-refractivity contribution in [3.8, 4) is 0 Å². The van der Waals surface area contributed by atoms with Crippen LogP contribution >= 0.6 is 0 Å². The van der Waals surface area contributed by atoms with Gasteiger partial charge in [-0.05, 0) is 12.1 Å². The maximum Gasteiger partial charge on any atom is 0.469 e. The molecule has 0 spiro atoms. The molecular formula is C10H16N5O+. The van der Waals surface area contributed by atoms with Crippen LogP contribution in [-0.4, -0.2) is 31.7 Å². The number of hydrogen-bond donors (Lipinski definition) is 3. The van der Waals surface area contributed by atoms with E-state index < -0.39 is 0 Å². The van der Waals surface area contributed by atoms with E-state index in [2.05, 4.69) is 16.3 Å². The molecule has 0 fully saturated rings. The molecule has 0 radical (unpaired) electrons. The Bertz CT molecular complexity index is 413. The zero-order valence-electron chi connectivity index (χ0n) is 9.61. The molecule has 0 aromatic heterocycles. The molecule has 0 saturated heterocycles. The van der Waals surface area contributed by atoms with Crippen molar-refractivity contribution in [2.24, 2.45) is 0 Å². The first-order valence-corrected chi connectivity index (χ1v) is 5.03. The third-order valence-electron chi connectivity index (χ3n) is 2.21. The molecule has 86 valence electrons. The van der Waals surface area contributed by atoms with Crippen LogP contribution in [0.5, 0.6) is 0 Å². The second-order valence-corrected chi connectivity index (χ2v) is 3.59. The summed E-state index contributed by atoms with van der Waals surface area (Å²) in [6.45, 7) is 0. The Morgan fingerprint density at radius 3 is 2.81 bits per heavy atom. The second-order valence-electron chi connectivity index (χ2n) is 3.59. The molecule has 6 nitrogen and oxygen atoms in total. The third-order valence-corrected chi connectivity index (χ3v) is 2.21. The highest BCUT2D eigenvalue weighted by Crippen LogP contribution is 2.27. The van der Waals surface area contributed by atoms with Crippen LogP contribution in [-0.2, 0) is 4.84 Å². The number of hydrogen-bond acceptors (Lipinski definition) is 4. The van der Waals surface area contributed by atoms with Gasteiger partial charge in [-0.3, -0.25) is 10.3 Å². The normalized spacial score (nSPS) is 12.8. The summed E-state index contributed by atoms with van der Waals surface area (Å²) >= 11 is 0. The second kappa shape index (κ2) is 4.28. The van der Waals surface area contributed by atoms with E-state index in [-0.39, 0.29) is 0 Å². The highest BCUT2D eigenvalue weighted by Gasteiger charge is 2.22. The Labute approximate surface area is 94.4 Å². The molecule has 1 aliphatic heterocycles. The van der Waals surface area contributed by atoms with Gasteiger partial charge >= 0.3 is 6.02 Å². The smallest absolute Gasteiger partial charge is 0.299 e. The van der Waals surface area contributed by atoms with Crippen LogP contribution in [0.15, 0.2) is 24.3 Å². The zero-order chi connectivity index (χ0) is 11.5. The van der Waals surface area contributed by atoms with E-state index in [1.165, 1.54) is 0 Å². The zero-order valence-corrected chi connectivity index (χ0v) is 9.61. The van der Waals surface area contributed by atoms with Gasteiger partial charge < -0.3 is 0 Å². The summed E-state index contributed by atoms with van der Waals surface area (Å²) in [6, 6.07) is 8.50. The van der Waals surface area contributed by atoms with E-state index in [1.807, 2.05) is 50.0 Å². The first-order chi connectivity index (χ1) is 7.72. The molecule has 0 aliphatic carbocycles. The molecule has 1 aromatic carbocycles. The average Bonchev–Trinajstić information content (AvgIpc) is 2.69. The lowest BCUT2D eigenvalue weighted by atomic mass is 10.3. The Kier molecular flexibility index (Phi) is 2.82. The average molecular weight is 222 g/mol. The molecule has 0 amide bonds. The van der Waals surface area contributed by atoms with Gasteiger partial charge in [0.15, 0.2) is 0 Å². The fourth-order valence-corrected chi connectivity index (χ4v) is 1.44. The van der Waals surface area contributed by atoms with Gasteiger partial charge in [0.05, 0.1) is 26.8 Å². The van der Waals surface area contributed by atoms with E-state index in [0.29, 0.717) is 6.02 Å². The molecule has 1 heterocycles. The monoisotopic (exact) mass is 222 g/mol. The Hall–Kier alpha value is -1.95. The molecule has 1 aromatic rings. The molecule has 1 aliphatic rings. The molecule has 0 unspecified atom stereocenters. The number of nitrogens with one attached hydrogen (secondary N) is 3. The predicted molar refractivity (Wildman–Crippen MR) is 62.9 cm³/mol. The van der Waals surface area contributed by atoms with Crippen LogP contribution in [0.25, 0.3) is 0 Å². The maximum absolute atomic E-state index is 5.64. The quantitative estimate of drug-likeness (QED) is 0.358. The van der Waals surface area contributed by atoms with Gasteiger partial charge in [0.25, 0.3) is 0 Å². The lowest BCUT2D eigenvalue weighted by molar-refractivity contribution is -0.477. The Morgan fingerprint density at radius 1 is 1.38 bits per heavy atom. The highest BCUT2D eigenvalue weighted by molar-refractivity contribution is 5.75. The topological polar surface area (TPSA) is 51.6 Å². The maximum atomic E-state index is 5.64. The van der Waals surface area contributed by atoms with Crippen molar-refractivity contribution in [2.45, 2.75) is 0 Å². The van der Waals surface area contributed by atoms with Gasteiger partial charge in [-0.1, -0.05) is 12.1 Å². The fraction of sp³-hybridized carbons (Fsp3) is 0.300. The molecule has 0 bridgehead atoms. The SMILES string of the molecule is CNC(ON1NNc2ccccc21)=[N+](C)C. The highest BCUT2D eigenvalue weighted by atomic mass is 16.7. The Balaban J connectivity index is 2.17. The number of nitrogens with zero attached hydrogens (tertiary/aromatic N) is 2. The summed E-state index contributed by atoms with van der Waals surface area (Å²) in [4.78, 5) is 5.64. The lowest BCUT2D eigenvalue weighted by Gasteiger charge is -2.16. The van der Waals surface area contributed by atoms with Crippen molar-refractivity contribution in [1.82, 2.24) is 10.9 Å². The fourth-order valence-electron chi connectivity index (χ4n) is 1.44. The van der Waals surface area contributed by atoms with Gasteiger partial charge in [0.1, 0.15) is 5.69 Å². The van der Waals surface area contributed by atoms with Crippen molar-refractivity contribution in [1.29, 1.82) is 0 Å². The van der Waals surface area contributed by atoms with E-state index >= 15 is 0 Å². The van der Waals surface area contributed by atoms with Crippen molar-refractivity contribution < 1.29 is 9.41 Å². The predicted octanol–water partition coefficient (Wildman–Crippen LogP) is 0.117. The third kappa shape index (κ3) is 1.87. The Morgan fingerprint density at radius 2 is 2.12 bits per heavy atom. The van der Waals surface area contributed by atoms with Crippen LogP contribution in [0.2, 0.25) is 0 Å². The minimum Gasteiger partial charge on any atom is -0.299 e. The van der Waals surface area contributed by atoms with E-state index in [1.54, 1.807) is 5.17 Å². The molecule has 16 heavy (non-hydrogen) atoms. The number of para-hydroxylation sites is 2. The number of amidine groups is 1. The molecule has 6 heteroatoms. The van der Waals surface area contributed by atoms with Crippen molar-refractivity contribution in [3.63, 3.8) is 0 Å². The minimum absolute atomic E-state index is 0.644. The number of rotatable bonds is 1. The van der Waals surface area contributed by atoms with Crippen LogP contribution < -0.4 is 21.4 Å².